The molecule has 1 atom stereocenters. The highest BCUT2D eigenvalue weighted by atomic mass is 35.5. The van der Waals surface area contributed by atoms with E-state index in [1.165, 1.54) is 0 Å². The van der Waals surface area contributed by atoms with E-state index in [1.807, 2.05) is 32.2 Å². The summed E-state index contributed by atoms with van der Waals surface area (Å²) in [7, 11) is 1.85. The number of aryl methyl sites for hydroxylation is 1. The highest BCUT2D eigenvalue weighted by Gasteiger charge is 2.21. The van der Waals surface area contributed by atoms with Gasteiger partial charge in [-0.2, -0.15) is 0 Å². The third-order valence-electron chi connectivity index (χ3n) is 3.80. The number of halogens is 2. The van der Waals surface area contributed by atoms with Gasteiger partial charge in [-0.3, -0.25) is 4.79 Å². The maximum atomic E-state index is 12.2. The van der Waals surface area contributed by atoms with Crippen molar-refractivity contribution in [3.8, 4) is 10.6 Å². The molecule has 0 fully saturated rings. The second-order valence-electron chi connectivity index (χ2n) is 5.41. The first-order valence-corrected chi connectivity index (χ1v) is 8.34. The monoisotopic (exact) mass is 389 g/mol. The number of amides is 1. The van der Waals surface area contributed by atoms with Gasteiger partial charge in [0.15, 0.2) is 0 Å². The predicted molar refractivity (Wildman–Crippen MR) is 106 cm³/mol. The molecule has 0 aliphatic heterocycles. The molecular formula is C17H25Cl2N3OS. The van der Waals surface area contributed by atoms with Crippen LogP contribution in [0.15, 0.2) is 30.3 Å². The zero-order chi connectivity index (χ0) is 16.1. The average Bonchev–Trinajstić information content (AvgIpc) is 2.93. The minimum Gasteiger partial charge on any atom is -0.338 e. The number of hydrogen-bond donors (Lipinski definition) is 1. The summed E-state index contributed by atoms with van der Waals surface area (Å²) >= 11 is 1.66. The number of nitrogens with zero attached hydrogens (tertiary/aromatic N) is 2. The average molecular weight is 390 g/mol. The molecule has 24 heavy (non-hydrogen) atoms. The Bertz CT molecular complexity index is 634. The van der Waals surface area contributed by atoms with E-state index in [9.17, 15) is 4.79 Å². The van der Waals surface area contributed by atoms with Crippen LogP contribution >= 0.6 is 36.2 Å². The van der Waals surface area contributed by atoms with Crippen molar-refractivity contribution >= 4 is 42.1 Å². The molecule has 134 valence electrons. The Morgan fingerprint density at radius 2 is 1.92 bits per heavy atom. The van der Waals surface area contributed by atoms with Gasteiger partial charge < -0.3 is 10.6 Å². The molecule has 1 amide bonds. The number of hydrogen-bond acceptors (Lipinski definition) is 4. The first-order chi connectivity index (χ1) is 10.5. The molecule has 4 nitrogen and oxygen atoms in total. The van der Waals surface area contributed by atoms with Crippen molar-refractivity contribution < 1.29 is 4.79 Å². The predicted octanol–water partition coefficient (Wildman–Crippen LogP) is 4.22. The zero-order valence-corrected chi connectivity index (χ0v) is 16.6. The van der Waals surface area contributed by atoms with Crippen LogP contribution in [0.1, 0.15) is 36.4 Å². The Kier molecular flexibility index (Phi) is 10.2. The molecule has 7 heteroatoms. The molecule has 0 aliphatic carbocycles. The fraction of sp³-hybridized carbons (Fsp3) is 0.412. The Morgan fingerprint density at radius 3 is 2.50 bits per heavy atom. The minimum absolute atomic E-state index is 0. The van der Waals surface area contributed by atoms with E-state index in [0.29, 0.717) is 13.0 Å². The van der Waals surface area contributed by atoms with Gasteiger partial charge in [-0.1, -0.05) is 30.3 Å². The van der Waals surface area contributed by atoms with Crippen LogP contribution in [0.2, 0.25) is 0 Å². The summed E-state index contributed by atoms with van der Waals surface area (Å²) in [6, 6.07) is 10.2. The lowest BCUT2D eigenvalue weighted by atomic mass is 10.2. The van der Waals surface area contributed by atoms with Crippen molar-refractivity contribution in [2.75, 3.05) is 13.6 Å². The summed E-state index contributed by atoms with van der Waals surface area (Å²) in [5.74, 6) is 0.131. The maximum Gasteiger partial charge on any atom is 0.222 e. The van der Waals surface area contributed by atoms with Gasteiger partial charge in [-0.05, 0) is 26.8 Å². The van der Waals surface area contributed by atoms with E-state index >= 15 is 0 Å². The molecule has 0 spiro atoms. The van der Waals surface area contributed by atoms with Crippen LogP contribution in [0.25, 0.3) is 10.6 Å². The van der Waals surface area contributed by atoms with Crippen molar-refractivity contribution in [3.05, 3.63) is 40.9 Å². The largest absolute Gasteiger partial charge is 0.338 e. The molecule has 2 aromatic rings. The van der Waals surface area contributed by atoms with Crippen molar-refractivity contribution in [1.29, 1.82) is 0 Å². The lowest BCUT2D eigenvalue weighted by Crippen LogP contribution is -2.29. The van der Waals surface area contributed by atoms with Crippen molar-refractivity contribution in [2.45, 2.75) is 32.7 Å². The third-order valence-corrected chi connectivity index (χ3v) is 5.18. The molecule has 0 saturated heterocycles. The van der Waals surface area contributed by atoms with E-state index < -0.39 is 0 Å². The first kappa shape index (κ1) is 22.9. The third kappa shape index (κ3) is 5.45. The van der Waals surface area contributed by atoms with Gasteiger partial charge >= 0.3 is 0 Å². The Labute approximate surface area is 160 Å². The minimum atomic E-state index is 0. The quantitative estimate of drug-likeness (QED) is 0.804. The normalized spacial score (nSPS) is 11.2. The van der Waals surface area contributed by atoms with Crippen LogP contribution in [-0.4, -0.2) is 29.4 Å². The number of nitrogens with two attached hydrogens (primary N) is 1. The van der Waals surface area contributed by atoms with E-state index in [0.717, 1.165) is 27.6 Å². The van der Waals surface area contributed by atoms with E-state index in [2.05, 4.69) is 24.0 Å². The smallest absolute Gasteiger partial charge is 0.222 e. The summed E-state index contributed by atoms with van der Waals surface area (Å²) in [4.78, 5) is 19.8. The van der Waals surface area contributed by atoms with Crippen LogP contribution < -0.4 is 5.73 Å². The Hall–Kier alpha value is -1.14. The molecule has 2 N–H and O–H groups in total. The summed E-state index contributed by atoms with van der Waals surface area (Å²) in [5.41, 5.74) is 7.59. The summed E-state index contributed by atoms with van der Waals surface area (Å²) in [6.07, 6.45) is 1.23. The second kappa shape index (κ2) is 10.7. The van der Waals surface area contributed by atoms with E-state index in [1.54, 1.807) is 16.2 Å². The number of thiazole rings is 1. The molecule has 1 heterocycles. The summed E-state index contributed by atoms with van der Waals surface area (Å²) < 4.78 is 0. The molecule has 1 aromatic heterocycles. The standard InChI is InChI=1S/C17H23N3OS.2ClH/c1-12-16(13(2)20(3)15(21)10-7-11-18)22-17(19-12)14-8-5-4-6-9-14;;/h4-6,8-9,13H,7,10-11,18H2,1-3H3;2*1H. The molecule has 1 unspecified atom stereocenters. The molecule has 0 radical (unpaired) electrons. The fourth-order valence-electron chi connectivity index (χ4n) is 2.32. The number of carbonyl (C=O) groups excluding carboxylic acids is 1. The fourth-order valence-corrected chi connectivity index (χ4v) is 3.49. The summed E-state index contributed by atoms with van der Waals surface area (Å²) in [6.45, 7) is 4.61. The Morgan fingerprint density at radius 1 is 1.29 bits per heavy atom. The highest BCUT2D eigenvalue weighted by molar-refractivity contribution is 7.15. The van der Waals surface area contributed by atoms with Gasteiger partial charge in [0.05, 0.1) is 16.6 Å². The molecular weight excluding hydrogens is 365 g/mol. The Balaban J connectivity index is 0.00000264. The number of benzene rings is 1. The highest BCUT2D eigenvalue weighted by Crippen LogP contribution is 2.33. The van der Waals surface area contributed by atoms with Crippen LogP contribution in [0.4, 0.5) is 0 Å². The molecule has 1 aromatic carbocycles. The van der Waals surface area contributed by atoms with Crippen LogP contribution in [0.5, 0.6) is 0 Å². The van der Waals surface area contributed by atoms with E-state index in [-0.39, 0.29) is 36.8 Å². The van der Waals surface area contributed by atoms with E-state index in [4.69, 9.17) is 5.73 Å². The van der Waals surface area contributed by atoms with Crippen LogP contribution in [0.3, 0.4) is 0 Å². The maximum absolute atomic E-state index is 12.2. The summed E-state index contributed by atoms with van der Waals surface area (Å²) in [5, 5.41) is 1.00. The molecule has 0 saturated carbocycles. The second-order valence-corrected chi connectivity index (χ2v) is 6.44. The van der Waals surface area contributed by atoms with Crippen molar-refractivity contribution in [1.82, 2.24) is 9.88 Å². The van der Waals surface area contributed by atoms with Gasteiger partial charge in [0.25, 0.3) is 0 Å². The number of rotatable bonds is 6. The molecule has 0 bridgehead atoms. The SMILES string of the molecule is Cc1nc(-c2ccccc2)sc1C(C)N(C)C(=O)CCCN.Cl.Cl. The van der Waals surface area contributed by atoms with Crippen LogP contribution in [-0.2, 0) is 4.79 Å². The van der Waals surface area contributed by atoms with Crippen molar-refractivity contribution in [2.24, 2.45) is 5.73 Å². The van der Waals surface area contributed by atoms with Gasteiger partial charge in [0, 0.05) is 19.0 Å². The van der Waals surface area contributed by atoms with Crippen molar-refractivity contribution in [3.63, 3.8) is 0 Å². The van der Waals surface area contributed by atoms with Gasteiger partial charge in [-0.15, -0.1) is 36.2 Å². The number of carbonyl (C=O) groups is 1. The number of aromatic nitrogens is 1. The van der Waals surface area contributed by atoms with Crippen LogP contribution in [0, 0.1) is 6.92 Å². The molecule has 2 rings (SSSR count). The topological polar surface area (TPSA) is 59.2 Å². The van der Waals surface area contributed by atoms with Gasteiger partial charge in [0.1, 0.15) is 5.01 Å². The lowest BCUT2D eigenvalue weighted by Gasteiger charge is -2.24. The van der Waals surface area contributed by atoms with Gasteiger partial charge in [-0.25, -0.2) is 4.98 Å². The molecule has 0 aliphatic rings. The lowest BCUT2D eigenvalue weighted by molar-refractivity contribution is -0.131. The zero-order valence-electron chi connectivity index (χ0n) is 14.2. The van der Waals surface area contributed by atoms with Gasteiger partial charge in [0.2, 0.25) is 5.91 Å². The first-order valence-electron chi connectivity index (χ1n) is 7.53.